The molecule has 1 aliphatic heterocycles. The predicted octanol–water partition coefficient (Wildman–Crippen LogP) is 1.60. The molecule has 0 bridgehead atoms. The second-order valence-corrected chi connectivity index (χ2v) is 6.07. The fourth-order valence-electron chi connectivity index (χ4n) is 2.26. The van der Waals surface area contributed by atoms with Crippen LogP contribution in [0.3, 0.4) is 0 Å². The number of hydrogen-bond acceptors (Lipinski definition) is 6. The first-order chi connectivity index (χ1) is 9.63. The summed E-state index contributed by atoms with van der Waals surface area (Å²) in [5.74, 6) is 0.453. The monoisotopic (exact) mass is 295 g/mol. The van der Waals surface area contributed by atoms with Crippen LogP contribution in [0.4, 0.5) is 5.69 Å². The lowest BCUT2D eigenvalue weighted by atomic mass is 10.3. The van der Waals surface area contributed by atoms with Gasteiger partial charge in [-0.1, -0.05) is 0 Å². The van der Waals surface area contributed by atoms with E-state index in [4.69, 9.17) is 4.42 Å². The number of benzene rings is 1. The highest BCUT2D eigenvalue weighted by Crippen LogP contribution is 2.23. The van der Waals surface area contributed by atoms with Gasteiger partial charge in [-0.15, -0.1) is 0 Å². The lowest BCUT2D eigenvalue weighted by Gasteiger charge is -2.06. The molecule has 0 spiro atoms. The minimum absolute atomic E-state index is 0.0550. The second-order valence-electron chi connectivity index (χ2n) is 4.69. The van der Waals surface area contributed by atoms with Crippen molar-refractivity contribution >= 4 is 27.6 Å². The summed E-state index contributed by atoms with van der Waals surface area (Å²) in [7, 11) is -1.33. The number of rotatable bonds is 4. The zero-order valence-electron chi connectivity index (χ0n) is 10.6. The van der Waals surface area contributed by atoms with E-state index in [0.29, 0.717) is 16.9 Å². The number of non-ortho nitro benzene ring substituents is 1. The van der Waals surface area contributed by atoms with Crippen LogP contribution in [0.15, 0.2) is 27.8 Å². The first-order valence-corrected chi connectivity index (χ1v) is 7.62. The van der Waals surface area contributed by atoms with Gasteiger partial charge in [-0.25, -0.2) is 9.19 Å². The Morgan fingerprint density at radius 3 is 3.10 bits per heavy atom. The zero-order chi connectivity index (χ0) is 14.1. The molecule has 1 saturated heterocycles. The molecule has 2 atom stereocenters. The maximum atomic E-state index is 12.2. The van der Waals surface area contributed by atoms with Crippen LogP contribution in [-0.4, -0.2) is 32.5 Å². The van der Waals surface area contributed by atoms with Gasteiger partial charge in [-0.05, 0) is 25.5 Å². The second kappa shape index (κ2) is 5.29. The molecule has 2 heterocycles. The number of fused-ring (bicyclic) bond motifs is 1. The van der Waals surface area contributed by atoms with Gasteiger partial charge in [0.25, 0.3) is 10.9 Å². The van der Waals surface area contributed by atoms with E-state index in [1.807, 2.05) is 0 Å². The molecular weight excluding hydrogens is 282 g/mol. The molecule has 0 radical (unpaired) electrons. The van der Waals surface area contributed by atoms with Gasteiger partial charge in [0.05, 0.1) is 4.92 Å². The van der Waals surface area contributed by atoms with E-state index in [1.54, 1.807) is 0 Å². The molecule has 1 N–H and O–H groups in total. The Hall–Kier alpha value is -1.80. The minimum atomic E-state index is -1.33. The van der Waals surface area contributed by atoms with Crippen molar-refractivity contribution < 1.29 is 13.5 Å². The summed E-state index contributed by atoms with van der Waals surface area (Å²) in [6.07, 6.45) is 2.08. The predicted molar refractivity (Wildman–Crippen MR) is 73.0 cm³/mol. The molecule has 7 nitrogen and oxygen atoms in total. The van der Waals surface area contributed by atoms with E-state index in [1.165, 1.54) is 18.2 Å². The summed E-state index contributed by atoms with van der Waals surface area (Å²) in [6, 6.07) is 4.38. The average molecular weight is 295 g/mol. The molecule has 1 fully saturated rings. The SMILES string of the molecule is O=[N+]([O-])c1ccc2oc([S@](=O)C[C@H]3CCCN3)nc2c1. The summed E-state index contributed by atoms with van der Waals surface area (Å²) in [5, 5.41) is 14.1. The standard InChI is InChI=1S/C12H13N3O4S/c16-15(17)9-3-4-11-10(6-9)14-12(19-11)20(18)7-8-2-1-5-13-8/h3-4,6,8,13H,1-2,5,7H2/t8-,20-/m1/s1. The molecule has 0 amide bonds. The number of hydrogen-bond donors (Lipinski definition) is 1. The van der Waals surface area contributed by atoms with Crippen LogP contribution in [-0.2, 0) is 10.8 Å². The van der Waals surface area contributed by atoms with Gasteiger partial charge < -0.3 is 9.73 Å². The summed E-state index contributed by atoms with van der Waals surface area (Å²) >= 11 is 0. The molecule has 1 aromatic carbocycles. The molecule has 0 saturated carbocycles. The van der Waals surface area contributed by atoms with Gasteiger partial charge in [-0.2, -0.15) is 0 Å². The quantitative estimate of drug-likeness (QED) is 0.679. The molecular formula is C12H13N3O4S. The van der Waals surface area contributed by atoms with Crippen LogP contribution in [0.1, 0.15) is 12.8 Å². The van der Waals surface area contributed by atoms with E-state index >= 15 is 0 Å². The third kappa shape index (κ3) is 2.56. The summed E-state index contributed by atoms with van der Waals surface area (Å²) < 4.78 is 17.6. The van der Waals surface area contributed by atoms with Crippen molar-refractivity contribution in [3.63, 3.8) is 0 Å². The van der Waals surface area contributed by atoms with E-state index in [9.17, 15) is 14.3 Å². The molecule has 1 aromatic heterocycles. The number of nitrogens with one attached hydrogen (secondary N) is 1. The average Bonchev–Trinajstić information content (AvgIpc) is 3.05. The van der Waals surface area contributed by atoms with Gasteiger partial charge in [-0.3, -0.25) is 10.1 Å². The molecule has 1 aliphatic rings. The topological polar surface area (TPSA) is 98.3 Å². The lowest BCUT2D eigenvalue weighted by Crippen LogP contribution is -2.27. The fourth-order valence-corrected chi connectivity index (χ4v) is 3.43. The van der Waals surface area contributed by atoms with E-state index in [2.05, 4.69) is 10.3 Å². The molecule has 20 heavy (non-hydrogen) atoms. The number of nitro benzene ring substituents is 1. The van der Waals surface area contributed by atoms with Crippen molar-refractivity contribution in [2.75, 3.05) is 12.3 Å². The van der Waals surface area contributed by atoms with Crippen molar-refractivity contribution in [2.45, 2.75) is 24.1 Å². The Morgan fingerprint density at radius 2 is 2.40 bits per heavy atom. The first-order valence-electron chi connectivity index (χ1n) is 6.30. The third-order valence-electron chi connectivity index (χ3n) is 3.27. The van der Waals surface area contributed by atoms with Crippen LogP contribution >= 0.6 is 0 Å². The normalized spacial score (nSPS) is 20.3. The molecule has 3 rings (SSSR count). The van der Waals surface area contributed by atoms with Crippen molar-refractivity contribution in [1.82, 2.24) is 10.3 Å². The Balaban J connectivity index is 1.84. The molecule has 0 unspecified atom stereocenters. The minimum Gasteiger partial charge on any atom is -0.430 e. The maximum Gasteiger partial charge on any atom is 0.287 e. The number of nitrogens with zero attached hydrogens (tertiary/aromatic N) is 2. The number of oxazole rings is 1. The first kappa shape index (κ1) is 13.2. The highest BCUT2D eigenvalue weighted by molar-refractivity contribution is 7.84. The van der Waals surface area contributed by atoms with Crippen molar-refractivity contribution in [3.8, 4) is 0 Å². The van der Waals surface area contributed by atoms with Crippen molar-refractivity contribution in [3.05, 3.63) is 28.3 Å². The van der Waals surface area contributed by atoms with Crippen LogP contribution in [0.25, 0.3) is 11.1 Å². The van der Waals surface area contributed by atoms with Gasteiger partial charge in [0.1, 0.15) is 16.3 Å². The van der Waals surface area contributed by atoms with Crippen LogP contribution in [0.2, 0.25) is 0 Å². The number of aromatic nitrogens is 1. The summed E-state index contributed by atoms with van der Waals surface area (Å²) in [5.41, 5.74) is 0.723. The Morgan fingerprint density at radius 1 is 1.55 bits per heavy atom. The van der Waals surface area contributed by atoms with Gasteiger partial charge in [0.15, 0.2) is 5.58 Å². The summed E-state index contributed by atoms with van der Waals surface area (Å²) in [6.45, 7) is 0.946. The molecule has 0 aliphatic carbocycles. The molecule has 8 heteroatoms. The zero-order valence-corrected chi connectivity index (χ0v) is 11.4. The van der Waals surface area contributed by atoms with Crippen LogP contribution in [0, 0.1) is 10.1 Å². The van der Waals surface area contributed by atoms with Crippen molar-refractivity contribution in [2.24, 2.45) is 0 Å². The van der Waals surface area contributed by atoms with Gasteiger partial charge >= 0.3 is 0 Å². The highest BCUT2D eigenvalue weighted by Gasteiger charge is 2.21. The van der Waals surface area contributed by atoms with Crippen LogP contribution in [0.5, 0.6) is 0 Å². The van der Waals surface area contributed by atoms with Gasteiger partial charge in [0.2, 0.25) is 0 Å². The largest absolute Gasteiger partial charge is 0.430 e. The summed E-state index contributed by atoms with van der Waals surface area (Å²) in [4.78, 5) is 14.3. The fraction of sp³-hybridized carbons (Fsp3) is 0.417. The Labute approximate surface area is 117 Å². The van der Waals surface area contributed by atoms with E-state index in [-0.39, 0.29) is 17.0 Å². The molecule has 106 valence electrons. The van der Waals surface area contributed by atoms with Crippen molar-refractivity contribution in [1.29, 1.82) is 0 Å². The van der Waals surface area contributed by atoms with E-state index in [0.717, 1.165) is 19.4 Å². The highest BCUT2D eigenvalue weighted by atomic mass is 32.2. The number of nitro groups is 1. The Bertz CT molecular complexity index is 678. The lowest BCUT2D eigenvalue weighted by molar-refractivity contribution is -0.384. The molecule has 2 aromatic rings. The third-order valence-corrected chi connectivity index (χ3v) is 4.54. The maximum absolute atomic E-state index is 12.2. The smallest absolute Gasteiger partial charge is 0.287 e. The van der Waals surface area contributed by atoms with Gasteiger partial charge in [0, 0.05) is 23.9 Å². The Kier molecular flexibility index (Phi) is 3.49. The van der Waals surface area contributed by atoms with Crippen LogP contribution < -0.4 is 5.32 Å². The van der Waals surface area contributed by atoms with E-state index < -0.39 is 15.7 Å².